The molecule has 1 amide bonds. The highest BCUT2D eigenvalue weighted by Crippen LogP contribution is 2.25. The molecule has 2 aromatic carbocycles. The number of ether oxygens (including phenoxy) is 1. The van der Waals surface area contributed by atoms with Crippen molar-refractivity contribution in [1.29, 1.82) is 0 Å². The molecule has 6 heteroatoms. The van der Waals surface area contributed by atoms with Gasteiger partial charge in [-0.15, -0.1) is 0 Å². The number of anilines is 1. The van der Waals surface area contributed by atoms with Gasteiger partial charge in [0.25, 0.3) is 5.91 Å². The van der Waals surface area contributed by atoms with Gasteiger partial charge in [-0.3, -0.25) is 4.79 Å². The first-order valence-corrected chi connectivity index (χ1v) is 8.95. The number of hydrogen-bond acceptors (Lipinski definition) is 4. The Labute approximate surface area is 160 Å². The molecule has 1 aromatic heterocycles. The second-order valence-electron chi connectivity index (χ2n) is 6.06. The first kappa shape index (κ1) is 18.2. The lowest BCUT2D eigenvalue weighted by atomic mass is 10.2. The van der Waals surface area contributed by atoms with Crippen molar-refractivity contribution in [2.24, 2.45) is 0 Å². The monoisotopic (exact) mass is 414 g/mol. The van der Waals surface area contributed by atoms with E-state index in [-0.39, 0.29) is 5.91 Å². The number of rotatable bonds is 5. The van der Waals surface area contributed by atoms with Gasteiger partial charge in [-0.25, -0.2) is 0 Å². The second-order valence-corrected chi connectivity index (χ2v) is 6.91. The van der Waals surface area contributed by atoms with Crippen LogP contribution in [0.5, 0.6) is 5.75 Å². The van der Waals surface area contributed by atoms with Crippen LogP contribution >= 0.6 is 15.9 Å². The first-order chi connectivity index (χ1) is 12.4. The number of carbonyl (C=O) groups is 1. The van der Waals surface area contributed by atoms with E-state index in [4.69, 9.17) is 9.26 Å². The highest BCUT2D eigenvalue weighted by molar-refractivity contribution is 9.10. The number of aryl methyl sites for hydroxylation is 3. The van der Waals surface area contributed by atoms with E-state index in [2.05, 4.69) is 26.4 Å². The molecular weight excluding hydrogens is 396 g/mol. The maximum atomic E-state index is 12.5. The van der Waals surface area contributed by atoms with Crippen LogP contribution in [0.2, 0.25) is 0 Å². The van der Waals surface area contributed by atoms with Crippen molar-refractivity contribution in [2.45, 2.75) is 27.4 Å². The summed E-state index contributed by atoms with van der Waals surface area (Å²) in [6.45, 7) is 6.06. The predicted molar refractivity (Wildman–Crippen MR) is 104 cm³/mol. The zero-order chi connectivity index (χ0) is 18.7. The number of benzene rings is 2. The largest absolute Gasteiger partial charge is 0.489 e. The zero-order valence-corrected chi connectivity index (χ0v) is 16.4. The van der Waals surface area contributed by atoms with Gasteiger partial charge in [0.15, 0.2) is 0 Å². The molecule has 0 bridgehead atoms. The van der Waals surface area contributed by atoms with Crippen LogP contribution in [0, 0.1) is 20.8 Å². The second kappa shape index (κ2) is 7.74. The molecule has 0 saturated heterocycles. The molecule has 0 spiro atoms. The standard InChI is InChI=1S/C20H19BrN2O3/c1-12-7-8-19(18(21)9-12)22-20(24)15-5-4-6-16(10-15)25-11-17-13(2)23-26-14(17)3/h4-10H,11H2,1-3H3,(H,22,24). The molecule has 0 atom stereocenters. The Hall–Kier alpha value is -2.60. The number of hydrogen-bond donors (Lipinski definition) is 1. The number of carbonyl (C=O) groups excluding carboxylic acids is 1. The van der Waals surface area contributed by atoms with Gasteiger partial charge < -0.3 is 14.6 Å². The Morgan fingerprint density at radius 3 is 2.69 bits per heavy atom. The molecule has 0 unspecified atom stereocenters. The molecule has 0 radical (unpaired) electrons. The quantitative estimate of drug-likeness (QED) is 0.623. The molecule has 0 aliphatic carbocycles. The predicted octanol–water partition coefficient (Wildman–Crippen LogP) is 5.19. The van der Waals surface area contributed by atoms with Crippen LogP contribution in [0.4, 0.5) is 5.69 Å². The lowest BCUT2D eigenvalue weighted by molar-refractivity contribution is 0.102. The molecular formula is C20H19BrN2O3. The first-order valence-electron chi connectivity index (χ1n) is 8.16. The van der Waals surface area contributed by atoms with Gasteiger partial charge in [-0.2, -0.15) is 0 Å². The van der Waals surface area contributed by atoms with Crippen LogP contribution in [-0.4, -0.2) is 11.1 Å². The van der Waals surface area contributed by atoms with Crippen LogP contribution in [0.3, 0.4) is 0 Å². The lowest BCUT2D eigenvalue weighted by Gasteiger charge is -2.10. The number of nitrogens with zero attached hydrogens (tertiary/aromatic N) is 1. The molecule has 3 rings (SSSR count). The summed E-state index contributed by atoms with van der Waals surface area (Å²) < 4.78 is 11.8. The fourth-order valence-corrected chi connectivity index (χ4v) is 3.10. The summed E-state index contributed by atoms with van der Waals surface area (Å²) in [5, 5.41) is 6.81. The maximum Gasteiger partial charge on any atom is 0.255 e. The summed E-state index contributed by atoms with van der Waals surface area (Å²) >= 11 is 3.47. The topological polar surface area (TPSA) is 64.4 Å². The average Bonchev–Trinajstić information content (AvgIpc) is 2.94. The SMILES string of the molecule is Cc1ccc(NC(=O)c2cccc(OCc3c(C)noc3C)c2)c(Br)c1. The average molecular weight is 415 g/mol. The Bertz CT molecular complexity index is 930. The summed E-state index contributed by atoms with van der Waals surface area (Å²) in [4.78, 5) is 12.5. The van der Waals surface area contributed by atoms with Crippen LogP contribution in [0.1, 0.15) is 32.9 Å². The third kappa shape index (κ3) is 4.14. The van der Waals surface area contributed by atoms with Gasteiger partial charge in [-0.05, 0) is 72.6 Å². The zero-order valence-electron chi connectivity index (χ0n) is 14.8. The molecule has 5 nitrogen and oxygen atoms in total. The molecule has 26 heavy (non-hydrogen) atoms. The normalized spacial score (nSPS) is 10.6. The minimum atomic E-state index is -0.197. The van der Waals surface area contributed by atoms with E-state index in [1.807, 2.05) is 45.0 Å². The van der Waals surface area contributed by atoms with E-state index in [0.29, 0.717) is 17.9 Å². The van der Waals surface area contributed by atoms with Crippen LogP contribution < -0.4 is 10.1 Å². The van der Waals surface area contributed by atoms with Crippen molar-refractivity contribution in [2.75, 3.05) is 5.32 Å². The van der Waals surface area contributed by atoms with E-state index >= 15 is 0 Å². The summed E-state index contributed by atoms with van der Waals surface area (Å²) in [5.41, 5.74) is 4.09. The van der Waals surface area contributed by atoms with Crippen molar-refractivity contribution in [3.63, 3.8) is 0 Å². The van der Waals surface area contributed by atoms with Gasteiger partial charge in [0.1, 0.15) is 18.1 Å². The van der Waals surface area contributed by atoms with Gasteiger partial charge in [0, 0.05) is 10.0 Å². The van der Waals surface area contributed by atoms with Gasteiger partial charge >= 0.3 is 0 Å². The van der Waals surface area contributed by atoms with Crippen molar-refractivity contribution in [3.8, 4) is 5.75 Å². The summed E-state index contributed by atoms with van der Waals surface area (Å²) in [6.07, 6.45) is 0. The molecule has 0 fully saturated rings. The fourth-order valence-electron chi connectivity index (χ4n) is 2.51. The van der Waals surface area contributed by atoms with Crippen molar-refractivity contribution >= 4 is 27.5 Å². The minimum Gasteiger partial charge on any atom is -0.489 e. The number of halogens is 1. The van der Waals surface area contributed by atoms with Gasteiger partial charge in [-0.1, -0.05) is 17.3 Å². The van der Waals surface area contributed by atoms with Crippen molar-refractivity contribution in [3.05, 3.63) is 75.1 Å². The lowest BCUT2D eigenvalue weighted by Crippen LogP contribution is -2.12. The molecule has 3 aromatic rings. The van der Waals surface area contributed by atoms with Crippen LogP contribution in [0.25, 0.3) is 0 Å². The van der Waals surface area contributed by atoms with Crippen molar-refractivity contribution in [1.82, 2.24) is 5.16 Å². The van der Waals surface area contributed by atoms with E-state index in [1.165, 1.54) is 0 Å². The Balaban J connectivity index is 1.71. The molecule has 0 saturated carbocycles. The van der Waals surface area contributed by atoms with Gasteiger partial charge in [0.2, 0.25) is 0 Å². The highest BCUT2D eigenvalue weighted by atomic mass is 79.9. The third-order valence-electron chi connectivity index (χ3n) is 4.03. The van der Waals surface area contributed by atoms with Crippen LogP contribution in [-0.2, 0) is 6.61 Å². The maximum absolute atomic E-state index is 12.5. The highest BCUT2D eigenvalue weighted by Gasteiger charge is 2.12. The van der Waals surface area contributed by atoms with E-state index in [9.17, 15) is 4.79 Å². The smallest absolute Gasteiger partial charge is 0.255 e. The molecule has 0 aliphatic rings. The minimum absolute atomic E-state index is 0.197. The third-order valence-corrected chi connectivity index (χ3v) is 4.69. The number of aromatic nitrogens is 1. The summed E-state index contributed by atoms with van der Waals surface area (Å²) in [6, 6.07) is 12.9. The van der Waals surface area contributed by atoms with E-state index in [0.717, 1.165) is 32.7 Å². The Morgan fingerprint density at radius 1 is 1.19 bits per heavy atom. The van der Waals surface area contributed by atoms with Crippen molar-refractivity contribution < 1.29 is 14.1 Å². The fraction of sp³-hybridized carbons (Fsp3) is 0.200. The van der Waals surface area contributed by atoms with Gasteiger partial charge in [0.05, 0.1) is 16.9 Å². The number of nitrogens with one attached hydrogen (secondary N) is 1. The van der Waals surface area contributed by atoms with E-state index in [1.54, 1.807) is 18.2 Å². The summed E-state index contributed by atoms with van der Waals surface area (Å²) in [5.74, 6) is 1.15. The van der Waals surface area contributed by atoms with E-state index < -0.39 is 0 Å². The van der Waals surface area contributed by atoms with Crippen LogP contribution in [0.15, 0.2) is 51.5 Å². The summed E-state index contributed by atoms with van der Waals surface area (Å²) in [7, 11) is 0. The molecule has 134 valence electrons. The molecule has 1 heterocycles. The molecule has 1 N–H and O–H groups in total. The Kier molecular flexibility index (Phi) is 5.42. The Morgan fingerprint density at radius 2 is 2.00 bits per heavy atom. The molecule has 0 aliphatic heterocycles. The number of amides is 1.